The summed E-state index contributed by atoms with van der Waals surface area (Å²) >= 11 is 0. The molecule has 4 N–H and O–H groups in total. The summed E-state index contributed by atoms with van der Waals surface area (Å²) in [5, 5.41) is 4.26. The van der Waals surface area contributed by atoms with Gasteiger partial charge in [-0.15, -0.1) is 0 Å². The molecule has 0 saturated carbocycles. The van der Waals surface area contributed by atoms with Gasteiger partial charge in [-0.05, 0) is 137 Å². The molecule has 15 heteroatoms. The Kier molecular flexibility index (Phi) is 15.6. The third-order valence-electron chi connectivity index (χ3n) is 12.8. The van der Waals surface area contributed by atoms with E-state index in [1.165, 1.54) is 5.56 Å². The van der Waals surface area contributed by atoms with Gasteiger partial charge in [0.15, 0.2) is 5.78 Å². The topological polar surface area (TPSA) is 189 Å². The van der Waals surface area contributed by atoms with Gasteiger partial charge in [0.05, 0.1) is 5.69 Å². The Hall–Kier alpha value is -5.80. The van der Waals surface area contributed by atoms with Gasteiger partial charge in [-0.3, -0.25) is 34.2 Å². The number of ketones is 1. The first-order chi connectivity index (χ1) is 30.2. The number of pyridine rings is 4. The lowest BCUT2D eigenvalue weighted by Gasteiger charge is -2.37. The molecule has 15 nitrogen and oxygen atoms in total. The average molecular weight is 844 g/mol. The number of hydrogen-bond donors (Lipinski definition) is 2. The zero-order chi connectivity index (χ0) is 43.3. The predicted octanol–water partition coefficient (Wildman–Crippen LogP) is 4.95. The number of likely N-dealkylation sites (tertiary alicyclic amines) is 4. The van der Waals surface area contributed by atoms with Crippen LogP contribution in [0.1, 0.15) is 78.7 Å². The fourth-order valence-electron chi connectivity index (χ4n) is 9.29. The van der Waals surface area contributed by atoms with Crippen molar-refractivity contribution in [1.82, 2.24) is 39.5 Å². The fraction of sp³-hybridized carbons (Fsp3) is 0.489. The Bertz CT molecular complexity index is 2090. The first-order valence-corrected chi connectivity index (χ1v) is 22.1. The van der Waals surface area contributed by atoms with Crippen molar-refractivity contribution in [2.75, 3.05) is 70.9 Å². The molecular formula is C47H61N11O4. The Morgan fingerprint density at radius 2 is 1.00 bits per heavy atom. The molecule has 62 heavy (non-hydrogen) atoms. The van der Waals surface area contributed by atoms with E-state index in [0.29, 0.717) is 36.3 Å². The molecule has 8 rings (SSSR count). The molecule has 4 aromatic heterocycles. The van der Waals surface area contributed by atoms with E-state index in [0.717, 1.165) is 121 Å². The minimum atomic E-state index is -0.0291. The molecule has 4 aromatic rings. The molecule has 0 spiro atoms. The molecule has 0 aromatic carbocycles. The van der Waals surface area contributed by atoms with Gasteiger partial charge in [-0.1, -0.05) is 17.3 Å². The largest absolute Gasteiger partial charge is 0.399 e. The quantitative estimate of drug-likeness (QED) is 0.118. The van der Waals surface area contributed by atoms with E-state index in [4.69, 9.17) is 16.3 Å². The molecule has 0 atom stereocenters. The van der Waals surface area contributed by atoms with Gasteiger partial charge in [-0.25, -0.2) is 9.97 Å². The summed E-state index contributed by atoms with van der Waals surface area (Å²) in [6.45, 7) is 8.23. The molecular weight excluding hydrogens is 783 g/mol. The maximum absolute atomic E-state index is 13.2. The Labute approximate surface area is 364 Å². The van der Waals surface area contributed by atoms with E-state index in [-0.39, 0.29) is 35.4 Å². The van der Waals surface area contributed by atoms with Gasteiger partial charge < -0.3 is 26.1 Å². The normalized spacial score (nSPS) is 19.1. The number of Topliss-reactive ketones (excluding diaryl/α,β-unsaturated/α-hetero) is 1. The lowest BCUT2D eigenvalue weighted by atomic mass is 9.88. The number of amides is 2. The Morgan fingerprint density at radius 3 is 1.42 bits per heavy atom. The summed E-state index contributed by atoms with van der Waals surface area (Å²) in [6.07, 6.45) is 13.7. The summed E-state index contributed by atoms with van der Waals surface area (Å²) in [7, 11) is 1.57. The van der Waals surface area contributed by atoms with Crippen molar-refractivity contribution in [2.45, 2.75) is 64.5 Å². The third-order valence-corrected chi connectivity index (χ3v) is 12.8. The Balaban J connectivity index is 0.000000187. The predicted molar refractivity (Wildman–Crippen MR) is 238 cm³/mol. The second-order valence-electron chi connectivity index (χ2n) is 16.9. The highest BCUT2D eigenvalue weighted by Crippen LogP contribution is 2.28. The number of anilines is 2. The maximum Gasteiger partial charge on any atom is 0.225 e. The number of piperidine rings is 4. The van der Waals surface area contributed by atoms with Crippen LogP contribution in [0.25, 0.3) is 0 Å². The van der Waals surface area contributed by atoms with Crippen LogP contribution < -0.4 is 11.5 Å². The second-order valence-corrected chi connectivity index (χ2v) is 16.9. The molecule has 0 radical (unpaired) electrons. The van der Waals surface area contributed by atoms with Gasteiger partial charge in [-0.2, -0.15) is 0 Å². The molecule has 4 aliphatic rings. The highest BCUT2D eigenvalue weighted by molar-refractivity contribution is 6.00. The van der Waals surface area contributed by atoms with Crippen LogP contribution in [0.5, 0.6) is 0 Å². The van der Waals surface area contributed by atoms with Gasteiger partial charge in [0.25, 0.3) is 0 Å². The number of carbonyl (C=O) groups is 3. The SMILES string of the molecule is CON=C(c1ccccn1)C1CCN(C(=O)C2CCN(Cc3ccnc(N)c3)CC2)CC1.Nc1cc(CN2CCC(C(=O)N3CCC(C(=O)c4ccccn4)CC3)CC2)ccn1. The first kappa shape index (κ1) is 44.3. The lowest BCUT2D eigenvalue weighted by molar-refractivity contribution is -0.139. The van der Waals surface area contributed by atoms with Crippen molar-refractivity contribution in [3.05, 3.63) is 108 Å². The number of carbonyl (C=O) groups excluding carboxylic acids is 3. The molecule has 4 aliphatic heterocycles. The zero-order valence-corrected chi connectivity index (χ0v) is 35.9. The average Bonchev–Trinajstić information content (AvgIpc) is 3.31. The minimum Gasteiger partial charge on any atom is -0.399 e. The monoisotopic (exact) mass is 843 g/mol. The van der Waals surface area contributed by atoms with E-state index in [9.17, 15) is 14.4 Å². The van der Waals surface area contributed by atoms with Crippen molar-refractivity contribution >= 4 is 34.9 Å². The second kappa shape index (κ2) is 21.8. The van der Waals surface area contributed by atoms with Crippen molar-refractivity contribution in [1.29, 1.82) is 0 Å². The molecule has 0 aliphatic carbocycles. The van der Waals surface area contributed by atoms with Crippen LogP contribution in [0, 0.1) is 23.7 Å². The number of nitrogens with two attached hydrogens (primary N) is 2. The van der Waals surface area contributed by atoms with Gasteiger partial charge in [0.2, 0.25) is 11.8 Å². The number of rotatable bonds is 11. The van der Waals surface area contributed by atoms with Crippen LogP contribution >= 0.6 is 0 Å². The van der Waals surface area contributed by atoms with E-state index < -0.39 is 0 Å². The summed E-state index contributed by atoms with van der Waals surface area (Å²) in [5.74, 6) is 2.20. The molecule has 0 bridgehead atoms. The smallest absolute Gasteiger partial charge is 0.225 e. The van der Waals surface area contributed by atoms with E-state index in [1.807, 2.05) is 64.4 Å². The Morgan fingerprint density at radius 1 is 0.565 bits per heavy atom. The molecule has 2 amide bonds. The number of aromatic nitrogens is 4. The summed E-state index contributed by atoms with van der Waals surface area (Å²) in [4.78, 5) is 69.3. The highest BCUT2D eigenvalue weighted by Gasteiger charge is 2.34. The number of hydrogen-bond acceptors (Lipinski definition) is 13. The van der Waals surface area contributed by atoms with Crippen LogP contribution in [-0.2, 0) is 27.5 Å². The molecule has 328 valence electrons. The van der Waals surface area contributed by atoms with Crippen LogP contribution in [0.15, 0.2) is 90.6 Å². The summed E-state index contributed by atoms with van der Waals surface area (Å²) < 4.78 is 0. The zero-order valence-electron chi connectivity index (χ0n) is 35.9. The first-order valence-electron chi connectivity index (χ1n) is 22.1. The number of nitrogens with zero attached hydrogens (tertiary/aromatic N) is 9. The van der Waals surface area contributed by atoms with Crippen molar-refractivity contribution in [2.24, 2.45) is 28.8 Å². The standard InChI is InChI=1S/C24H32N6O2.C23H29N5O2/c1-32-28-23(21-4-2-3-10-26-21)19-8-14-30(15-9-19)24(31)20-6-12-29(13-7-20)17-18-5-11-27-22(25)16-18;24-21-15-17(4-10-26-21)16-27-11-5-19(6-12-27)23(30)28-13-7-18(8-14-28)22(29)20-3-1-2-9-25-20/h2-5,10-11,16,19-20H,6-9,12-15,17H2,1H3,(H2,25,27);1-4,9-10,15,18-19H,5-8,11-14,16H2,(H2,24,26). The van der Waals surface area contributed by atoms with Gasteiger partial charge in [0.1, 0.15) is 30.2 Å². The van der Waals surface area contributed by atoms with Crippen LogP contribution in [-0.4, -0.2) is 122 Å². The van der Waals surface area contributed by atoms with Gasteiger partial charge >= 0.3 is 0 Å². The summed E-state index contributed by atoms with van der Waals surface area (Å²) in [6, 6.07) is 19.1. The molecule has 4 fully saturated rings. The molecule has 4 saturated heterocycles. The van der Waals surface area contributed by atoms with Gasteiger partial charge in [0, 0.05) is 87.7 Å². The third kappa shape index (κ3) is 12.0. The molecule has 0 unspecified atom stereocenters. The van der Waals surface area contributed by atoms with Crippen LogP contribution in [0.2, 0.25) is 0 Å². The van der Waals surface area contributed by atoms with Crippen molar-refractivity contribution in [3.63, 3.8) is 0 Å². The van der Waals surface area contributed by atoms with Crippen molar-refractivity contribution < 1.29 is 19.2 Å². The van der Waals surface area contributed by atoms with E-state index >= 15 is 0 Å². The molecule has 8 heterocycles. The van der Waals surface area contributed by atoms with Crippen LogP contribution in [0.3, 0.4) is 0 Å². The highest BCUT2D eigenvalue weighted by atomic mass is 16.6. The van der Waals surface area contributed by atoms with Crippen LogP contribution in [0.4, 0.5) is 11.6 Å². The fourth-order valence-corrected chi connectivity index (χ4v) is 9.29. The minimum absolute atomic E-state index is 0.0291. The van der Waals surface area contributed by atoms with E-state index in [1.54, 1.807) is 38.0 Å². The van der Waals surface area contributed by atoms with E-state index in [2.05, 4.69) is 34.9 Å². The number of nitrogen functional groups attached to an aromatic ring is 2. The maximum atomic E-state index is 13.2. The number of oxime groups is 1. The van der Waals surface area contributed by atoms with Crippen molar-refractivity contribution in [3.8, 4) is 0 Å². The summed E-state index contributed by atoms with van der Waals surface area (Å²) in [5.41, 5.74) is 16.1. The lowest BCUT2D eigenvalue weighted by Crippen LogP contribution is -2.46.